The van der Waals surface area contributed by atoms with Crippen LogP contribution in [0.25, 0.3) is 0 Å². The molecule has 94 valence electrons. The topological polar surface area (TPSA) is 63.4 Å². The van der Waals surface area contributed by atoms with Gasteiger partial charge in [-0.2, -0.15) is 11.8 Å². The standard InChI is InChI=1S/C13H14N2O2S/c1-7-5-8(6-18-7)15-12(16)9-3-2-4-10(14)11(9)13(15)17/h2-4,7-8H,5-6,14H2,1H3. The van der Waals surface area contributed by atoms with Crippen molar-refractivity contribution in [1.82, 2.24) is 4.90 Å². The number of benzene rings is 1. The Labute approximate surface area is 110 Å². The maximum Gasteiger partial charge on any atom is 0.263 e. The predicted octanol–water partition coefficient (Wildman–Crippen LogP) is 1.76. The van der Waals surface area contributed by atoms with E-state index in [0.29, 0.717) is 22.1 Å². The minimum Gasteiger partial charge on any atom is -0.398 e. The van der Waals surface area contributed by atoms with Crippen LogP contribution >= 0.6 is 11.8 Å². The number of imide groups is 1. The molecule has 4 nitrogen and oxygen atoms in total. The molecule has 0 radical (unpaired) electrons. The van der Waals surface area contributed by atoms with Gasteiger partial charge in [0.05, 0.1) is 17.2 Å². The minimum atomic E-state index is -0.229. The second-order valence-corrected chi connectivity index (χ2v) is 6.25. The Balaban J connectivity index is 2.00. The van der Waals surface area contributed by atoms with Crippen molar-refractivity contribution in [3.05, 3.63) is 29.3 Å². The zero-order valence-corrected chi connectivity index (χ0v) is 10.9. The molecular weight excluding hydrogens is 248 g/mol. The van der Waals surface area contributed by atoms with Crippen LogP contribution in [-0.2, 0) is 0 Å². The number of nitrogens with two attached hydrogens (primary N) is 1. The van der Waals surface area contributed by atoms with Gasteiger partial charge in [0, 0.05) is 16.7 Å². The third-order valence-electron chi connectivity index (χ3n) is 3.52. The van der Waals surface area contributed by atoms with Gasteiger partial charge in [-0.25, -0.2) is 0 Å². The molecule has 0 bridgehead atoms. The van der Waals surface area contributed by atoms with Crippen molar-refractivity contribution >= 4 is 29.3 Å². The van der Waals surface area contributed by atoms with Crippen molar-refractivity contribution in [1.29, 1.82) is 0 Å². The van der Waals surface area contributed by atoms with Gasteiger partial charge in [-0.15, -0.1) is 0 Å². The average molecular weight is 262 g/mol. The molecule has 0 aliphatic carbocycles. The van der Waals surface area contributed by atoms with Crippen molar-refractivity contribution < 1.29 is 9.59 Å². The number of hydrogen-bond acceptors (Lipinski definition) is 4. The van der Waals surface area contributed by atoms with Crippen LogP contribution in [0, 0.1) is 0 Å². The van der Waals surface area contributed by atoms with E-state index in [0.717, 1.165) is 12.2 Å². The largest absolute Gasteiger partial charge is 0.398 e. The van der Waals surface area contributed by atoms with E-state index >= 15 is 0 Å². The number of nitrogens with zero attached hydrogens (tertiary/aromatic N) is 1. The number of fused-ring (bicyclic) bond motifs is 1. The van der Waals surface area contributed by atoms with Crippen LogP contribution in [0.2, 0.25) is 0 Å². The lowest BCUT2D eigenvalue weighted by Crippen LogP contribution is -2.40. The zero-order chi connectivity index (χ0) is 12.9. The highest BCUT2D eigenvalue weighted by Gasteiger charge is 2.43. The Morgan fingerprint density at radius 2 is 2.11 bits per heavy atom. The van der Waals surface area contributed by atoms with Crippen LogP contribution in [0.15, 0.2) is 18.2 Å². The molecule has 2 N–H and O–H groups in total. The molecule has 2 aliphatic heterocycles. The van der Waals surface area contributed by atoms with Crippen LogP contribution in [-0.4, -0.2) is 33.8 Å². The molecule has 2 atom stereocenters. The van der Waals surface area contributed by atoms with Crippen LogP contribution in [0.3, 0.4) is 0 Å². The number of hydrogen-bond donors (Lipinski definition) is 1. The van der Waals surface area contributed by atoms with Crippen molar-refractivity contribution in [3.8, 4) is 0 Å². The van der Waals surface area contributed by atoms with Gasteiger partial charge in [-0.1, -0.05) is 13.0 Å². The van der Waals surface area contributed by atoms with E-state index in [2.05, 4.69) is 6.92 Å². The Bertz CT molecular complexity index is 544. The fraction of sp³-hybridized carbons (Fsp3) is 0.385. The Hall–Kier alpha value is -1.49. The molecule has 3 rings (SSSR count). The maximum absolute atomic E-state index is 12.3. The maximum atomic E-state index is 12.3. The number of carbonyl (C=O) groups is 2. The third-order valence-corrected chi connectivity index (χ3v) is 4.86. The number of thioether (sulfide) groups is 1. The zero-order valence-electron chi connectivity index (χ0n) is 10.1. The number of rotatable bonds is 1. The molecule has 1 aromatic carbocycles. The summed E-state index contributed by atoms with van der Waals surface area (Å²) in [5.74, 6) is 0.404. The van der Waals surface area contributed by atoms with Gasteiger partial charge in [0.2, 0.25) is 0 Å². The molecule has 5 heteroatoms. The molecule has 0 spiro atoms. The van der Waals surface area contributed by atoms with Gasteiger partial charge in [-0.3, -0.25) is 14.5 Å². The molecule has 1 saturated heterocycles. The molecule has 2 amide bonds. The van der Waals surface area contributed by atoms with E-state index in [4.69, 9.17) is 5.73 Å². The van der Waals surface area contributed by atoms with Crippen molar-refractivity contribution in [2.45, 2.75) is 24.6 Å². The van der Waals surface area contributed by atoms with Gasteiger partial charge < -0.3 is 5.73 Å². The molecule has 1 aromatic rings. The molecule has 0 aromatic heterocycles. The average Bonchev–Trinajstić information content (AvgIpc) is 2.84. The Morgan fingerprint density at radius 3 is 2.72 bits per heavy atom. The van der Waals surface area contributed by atoms with Crippen LogP contribution in [0.5, 0.6) is 0 Å². The first-order chi connectivity index (χ1) is 8.59. The van der Waals surface area contributed by atoms with Gasteiger partial charge in [0.15, 0.2) is 0 Å². The Morgan fingerprint density at radius 1 is 1.33 bits per heavy atom. The highest BCUT2D eigenvalue weighted by atomic mass is 32.2. The summed E-state index contributed by atoms with van der Waals surface area (Å²) in [6.07, 6.45) is 0.871. The fourth-order valence-corrected chi connectivity index (χ4v) is 3.83. The summed E-state index contributed by atoms with van der Waals surface area (Å²) in [6.45, 7) is 2.12. The van der Waals surface area contributed by atoms with E-state index in [1.807, 2.05) is 0 Å². The van der Waals surface area contributed by atoms with E-state index in [1.54, 1.807) is 30.0 Å². The first-order valence-electron chi connectivity index (χ1n) is 5.97. The van der Waals surface area contributed by atoms with Crippen molar-refractivity contribution in [3.63, 3.8) is 0 Å². The van der Waals surface area contributed by atoms with Gasteiger partial charge >= 0.3 is 0 Å². The number of carbonyl (C=O) groups excluding carboxylic acids is 2. The minimum absolute atomic E-state index is 0.0109. The van der Waals surface area contributed by atoms with Gasteiger partial charge in [-0.05, 0) is 18.6 Å². The second kappa shape index (κ2) is 4.02. The van der Waals surface area contributed by atoms with E-state index in [-0.39, 0.29) is 17.9 Å². The summed E-state index contributed by atoms with van der Waals surface area (Å²) < 4.78 is 0. The lowest BCUT2D eigenvalue weighted by molar-refractivity contribution is 0.0599. The van der Waals surface area contributed by atoms with Crippen LogP contribution < -0.4 is 5.73 Å². The summed E-state index contributed by atoms with van der Waals surface area (Å²) >= 11 is 1.80. The third kappa shape index (κ3) is 1.54. The molecule has 2 aliphatic rings. The quantitative estimate of drug-likeness (QED) is 0.618. The van der Waals surface area contributed by atoms with Gasteiger partial charge in [0.25, 0.3) is 11.8 Å². The number of amides is 2. The Kier molecular flexibility index (Phi) is 2.59. The molecule has 2 unspecified atom stereocenters. The van der Waals surface area contributed by atoms with Gasteiger partial charge in [0.1, 0.15) is 0 Å². The lowest BCUT2D eigenvalue weighted by atomic mass is 10.1. The molecule has 1 fully saturated rings. The van der Waals surface area contributed by atoms with Crippen molar-refractivity contribution in [2.24, 2.45) is 0 Å². The monoisotopic (exact) mass is 262 g/mol. The second-order valence-electron chi connectivity index (χ2n) is 4.78. The summed E-state index contributed by atoms with van der Waals surface area (Å²) in [6, 6.07) is 5.07. The molecule has 18 heavy (non-hydrogen) atoms. The molecule has 2 heterocycles. The SMILES string of the molecule is CC1CC(N2C(=O)c3cccc(N)c3C2=O)CS1. The normalized spacial score (nSPS) is 26.8. The van der Waals surface area contributed by atoms with E-state index in [9.17, 15) is 9.59 Å². The van der Waals surface area contributed by atoms with Crippen LogP contribution in [0.4, 0.5) is 5.69 Å². The number of anilines is 1. The molecular formula is C13H14N2O2S. The van der Waals surface area contributed by atoms with E-state index in [1.165, 1.54) is 4.90 Å². The highest BCUT2D eigenvalue weighted by molar-refractivity contribution is 8.00. The summed E-state index contributed by atoms with van der Waals surface area (Å²) in [7, 11) is 0. The predicted molar refractivity (Wildman–Crippen MR) is 71.7 cm³/mol. The van der Waals surface area contributed by atoms with Crippen molar-refractivity contribution in [2.75, 3.05) is 11.5 Å². The lowest BCUT2D eigenvalue weighted by Gasteiger charge is -2.21. The smallest absolute Gasteiger partial charge is 0.263 e. The summed E-state index contributed by atoms with van der Waals surface area (Å²) in [4.78, 5) is 26.0. The molecule has 0 saturated carbocycles. The van der Waals surface area contributed by atoms with Crippen LogP contribution in [0.1, 0.15) is 34.1 Å². The first kappa shape index (κ1) is 11.6. The first-order valence-corrected chi connectivity index (χ1v) is 7.02. The number of nitrogen functional groups attached to an aromatic ring is 1. The highest BCUT2D eigenvalue weighted by Crippen LogP contribution is 2.35. The van der Waals surface area contributed by atoms with E-state index < -0.39 is 0 Å². The summed E-state index contributed by atoms with van der Waals surface area (Å²) in [5.41, 5.74) is 7.03. The fourth-order valence-electron chi connectivity index (χ4n) is 2.64. The summed E-state index contributed by atoms with van der Waals surface area (Å²) in [5, 5.41) is 0.497.